The van der Waals surface area contributed by atoms with Gasteiger partial charge >= 0.3 is 0 Å². The van der Waals surface area contributed by atoms with Crippen LogP contribution in [0.1, 0.15) is 32.1 Å². The van der Waals surface area contributed by atoms with Crippen molar-refractivity contribution in [1.82, 2.24) is 4.72 Å². The van der Waals surface area contributed by atoms with E-state index in [-0.39, 0.29) is 23.8 Å². The first kappa shape index (κ1) is 18.8. The molecule has 8 heteroatoms. The molecule has 1 fully saturated rings. The van der Waals surface area contributed by atoms with Crippen LogP contribution in [0, 0.1) is 0 Å². The normalized spacial score (nSPS) is 17.0. The molecule has 148 valence electrons. The average Bonchev–Trinajstić information content (AvgIpc) is 3.28. The number of fused-ring (bicyclic) bond motifs is 1. The summed E-state index contributed by atoms with van der Waals surface area (Å²) in [7, 11) is -3.62. The Bertz CT molecular complexity index is 969. The van der Waals surface area contributed by atoms with Crippen LogP contribution in [0.4, 0.5) is 5.69 Å². The summed E-state index contributed by atoms with van der Waals surface area (Å²) in [5.41, 5.74) is 0.591. The summed E-state index contributed by atoms with van der Waals surface area (Å²) in [6.07, 6.45) is 3.91. The highest BCUT2D eigenvalue weighted by atomic mass is 32.2. The highest BCUT2D eigenvalue weighted by Crippen LogP contribution is 2.47. The number of nitrogens with one attached hydrogen (secondary N) is 2. The second kappa shape index (κ2) is 7.44. The van der Waals surface area contributed by atoms with E-state index in [0.717, 1.165) is 25.7 Å². The van der Waals surface area contributed by atoms with Gasteiger partial charge in [-0.25, -0.2) is 13.1 Å². The van der Waals surface area contributed by atoms with Gasteiger partial charge in [0.15, 0.2) is 11.5 Å². The minimum atomic E-state index is -3.62. The van der Waals surface area contributed by atoms with Gasteiger partial charge in [-0.2, -0.15) is 0 Å². The molecule has 2 aliphatic rings. The van der Waals surface area contributed by atoms with Gasteiger partial charge in [0.25, 0.3) is 5.79 Å². The number of rotatable bonds is 6. The molecule has 1 amide bonds. The summed E-state index contributed by atoms with van der Waals surface area (Å²) in [4.78, 5) is 12.3. The van der Waals surface area contributed by atoms with Crippen LogP contribution in [0.2, 0.25) is 0 Å². The van der Waals surface area contributed by atoms with Gasteiger partial charge in [0.2, 0.25) is 15.9 Å². The summed E-state index contributed by atoms with van der Waals surface area (Å²) in [5, 5.41) is 2.77. The van der Waals surface area contributed by atoms with E-state index in [4.69, 9.17) is 9.47 Å². The maximum Gasteiger partial charge on any atom is 0.251 e. The third kappa shape index (κ3) is 3.98. The summed E-state index contributed by atoms with van der Waals surface area (Å²) >= 11 is 0. The Hall–Kier alpha value is -2.58. The Morgan fingerprint density at radius 2 is 1.71 bits per heavy atom. The van der Waals surface area contributed by atoms with Crippen LogP contribution in [0.25, 0.3) is 0 Å². The van der Waals surface area contributed by atoms with Crippen LogP contribution in [0.5, 0.6) is 11.5 Å². The van der Waals surface area contributed by atoms with E-state index in [1.54, 1.807) is 36.4 Å². The molecule has 0 radical (unpaired) electrons. The lowest BCUT2D eigenvalue weighted by molar-refractivity contribution is -0.116. The molecule has 2 N–H and O–H groups in total. The number of amides is 1. The summed E-state index contributed by atoms with van der Waals surface area (Å²) in [6, 6.07) is 13.3. The molecule has 0 bridgehead atoms. The predicted molar refractivity (Wildman–Crippen MR) is 104 cm³/mol. The van der Waals surface area contributed by atoms with Crippen molar-refractivity contribution in [2.45, 2.75) is 42.8 Å². The van der Waals surface area contributed by atoms with Crippen molar-refractivity contribution >= 4 is 21.6 Å². The van der Waals surface area contributed by atoms with Gasteiger partial charge < -0.3 is 14.8 Å². The Morgan fingerprint density at radius 3 is 2.46 bits per heavy atom. The average molecular weight is 402 g/mol. The zero-order valence-electron chi connectivity index (χ0n) is 15.3. The Kier molecular flexibility index (Phi) is 4.99. The number of sulfonamides is 1. The first-order valence-corrected chi connectivity index (χ1v) is 10.8. The SMILES string of the molecule is O=C(CCNS(=O)(=O)c1ccccc1)Nc1ccc2c(c1)OC1(CCCC1)O2. The largest absolute Gasteiger partial charge is 0.448 e. The van der Waals surface area contributed by atoms with Gasteiger partial charge in [-0.05, 0) is 37.1 Å². The Labute approximate surface area is 164 Å². The summed E-state index contributed by atoms with van der Waals surface area (Å²) in [6.45, 7) is 0.0106. The molecule has 1 aliphatic heterocycles. The lowest BCUT2D eigenvalue weighted by Crippen LogP contribution is -2.34. The predicted octanol–water partition coefficient (Wildman–Crippen LogP) is 3.04. The molecule has 1 saturated carbocycles. The lowest BCUT2D eigenvalue weighted by Gasteiger charge is -2.21. The van der Waals surface area contributed by atoms with E-state index in [1.807, 2.05) is 0 Å². The van der Waals surface area contributed by atoms with Crippen LogP contribution < -0.4 is 19.5 Å². The van der Waals surface area contributed by atoms with Crippen molar-refractivity contribution in [1.29, 1.82) is 0 Å². The number of hydrogen-bond donors (Lipinski definition) is 2. The van der Waals surface area contributed by atoms with E-state index in [0.29, 0.717) is 17.2 Å². The van der Waals surface area contributed by atoms with Gasteiger partial charge in [-0.15, -0.1) is 0 Å². The molecular weight excluding hydrogens is 380 g/mol. The molecule has 0 aromatic heterocycles. The fourth-order valence-electron chi connectivity index (χ4n) is 3.49. The Balaban J connectivity index is 1.30. The number of carbonyl (C=O) groups is 1. The van der Waals surface area contributed by atoms with Crippen LogP contribution >= 0.6 is 0 Å². The van der Waals surface area contributed by atoms with Gasteiger partial charge in [-0.3, -0.25) is 4.79 Å². The second-order valence-corrected chi connectivity index (χ2v) is 8.76. The van der Waals surface area contributed by atoms with Crippen LogP contribution in [0.3, 0.4) is 0 Å². The van der Waals surface area contributed by atoms with E-state index < -0.39 is 15.8 Å². The van der Waals surface area contributed by atoms with Crippen LogP contribution in [-0.4, -0.2) is 26.7 Å². The Morgan fingerprint density at radius 1 is 1.00 bits per heavy atom. The number of anilines is 1. The topological polar surface area (TPSA) is 93.7 Å². The molecular formula is C20H22N2O5S. The molecule has 4 rings (SSSR count). The molecule has 1 heterocycles. The number of carbonyl (C=O) groups excluding carboxylic acids is 1. The van der Waals surface area contributed by atoms with E-state index in [2.05, 4.69) is 10.0 Å². The van der Waals surface area contributed by atoms with Gasteiger partial charge in [-0.1, -0.05) is 18.2 Å². The molecule has 2 aromatic carbocycles. The van der Waals surface area contributed by atoms with Gasteiger partial charge in [0.1, 0.15) is 0 Å². The maximum absolute atomic E-state index is 12.2. The zero-order chi connectivity index (χ0) is 19.6. The first-order valence-electron chi connectivity index (χ1n) is 9.33. The summed E-state index contributed by atoms with van der Waals surface area (Å²) in [5.74, 6) is 0.492. The van der Waals surface area contributed by atoms with Crippen molar-refractivity contribution in [2.75, 3.05) is 11.9 Å². The highest BCUT2D eigenvalue weighted by molar-refractivity contribution is 7.89. The fraction of sp³-hybridized carbons (Fsp3) is 0.350. The zero-order valence-corrected chi connectivity index (χ0v) is 16.1. The maximum atomic E-state index is 12.2. The van der Waals surface area contributed by atoms with Crippen molar-refractivity contribution in [3.05, 3.63) is 48.5 Å². The third-order valence-electron chi connectivity index (χ3n) is 4.88. The lowest BCUT2D eigenvalue weighted by atomic mass is 10.2. The van der Waals surface area contributed by atoms with Gasteiger partial charge in [0.05, 0.1) is 4.90 Å². The number of benzene rings is 2. The minimum absolute atomic E-state index is 0.0106. The van der Waals surface area contributed by atoms with E-state index in [9.17, 15) is 13.2 Å². The van der Waals surface area contributed by atoms with Crippen molar-refractivity contribution in [3.63, 3.8) is 0 Å². The number of ether oxygens (including phenoxy) is 2. The summed E-state index contributed by atoms with van der Waals surface area (Å²) < 4.78 is 38.7. The number of hydrogen-bond acceptors (Lipinski definition) is 5. The molecule has 2 aromatic rings. The smallest absolute Gasteiger partial charge is 0.251 e. The van der Waals surface area contributed by atoms with Crippen molar-refractivity contribution in [3.8, 4) is 11.5 Å². The monoisotopic (exact) mass is 402 g/mol. The molecule has 0 atom stereocenters. The molecule has 0 unspecified atom stereocenters. The molecule has 7 nitrogen and oxygen atoms in total. The van der Waals surface area contributed by atoms with Crippen molar-refractivity contribution < 1.29 is 22.7 Å². The standard InChI is InChI=1S/C20H22N2O5S/c23-19(10-13-21-28(24,25)16-6-2-1-3-7-16)22-15-8-9-17-18(14-15)27-20(26-17)11-4-5-12-20/h1-3,6-9,14,21H,4-5,10-13H2,(H,22,23). The van der Waals surface area contributed by atoms with E-state index in [1.165, 1.54) is 12.1 Å². The first-order chi connectivity index (χ1) is 13.5. The second-order valence-electron chi connectivity index (χ2n) is 6.99. The molecule has 1 aliphatic carbocycles. The molecule has 0 saturated heterocycles. The minimum Gasteiger partial charge on any atom is -0.448 e. The highest BCUT2D eigenvalue weighted by Gasteiger charge is 2.44. The fourth-order valence-corrected chi connectivity index (χ4v) is 4.55. The quantitative estimate of drug-likeness (QED) is 0.775. The van der Waals surface area contributed by atoms with Crippen molar-refractivity contribution in [2.24, 2.45) is 0 Å². The van der Waals surface area contributed by atoms with E-state index >= 15 is 0 Å². The molecule has 28 heavy (non-hydrogen) atoms. The third-order valence-corrected chi connectivity index (χ3v) is 6.36. The van der Waals surface area contributed by atoms with Crippen LogP contribution in [0.15, 0.2) is 53.4 Å². The van der Waals surface area contributed by atoms with Crippen LogP contribution in [-0.2, 0) is 14.8 Å². The van der Waals surface area contributed by atoms with Gasteiger partial charge in [0, 0.05) is 37.6 Å². The molecule has 1 spiro atoms.